The van der Waals surface area contributed by atoms with Crippen LogP contribution < -0.4 is 4.90 Å². The Balaban J connectivity index is 2.26. The van der Waals surface area contributed by atoms with Gasteiger partial charge in [-0.15, -0.1) is 0 Å². The minimum atomic E-state index is -0.878. The first-order chi connectivity index (χ1) is 8.00. The fourth-order valence-electron chi connectivity index (χ4n) is 1.80. The molecular weight excluding hydrogens is 226 g/mol. The summed E-state index contributed by atoms with van der Waals surface area (Å²) in [6, 6.07) is 1.57. The molecule has 1 aromatic rings. The lowest BCUT2D eigenvalue weighted by Gasteiger charge is -2.37. The van der Waals surface area contributed by atoms with Gasteiger partial charge in [0.2, 0.25) is 5.82 Å². The maximum absolute atomic E-state index is 10.9. The highest BCUT2D eigenvalue weighted by Gasteiger charge is 2.37. The summed E-state index contributed by atoms with van der Waals surface area (Å²) < 4.78 is 0. The Bertz CT molecular complexity index is 482. The molecule has 2 heterocycles. The quantitative estimate of drug-likeness (QED) is 0.617. The van der Waals surface area contributed by atoms with E-state index in [0.29, 0.717) is 5.56 Å². The summed E-state index contributed by atoms with van der Waals surface area (Å²) >= 11 is 0. The predicted octanol–water partition coefficient (Wildman–Crippen LogP) is 0.819. The summed E-state index contributed by atoms with van der Waals surface area (Å²) in [5.41, 5.74) is 0.482. The number of nitrogens with zero attached hydrogens (tertiary/aromatic N) is 3. The molecule has 0 amide bonds. The Morgan fingerprint density at radius 1 is 1.65 bits per heavy atom. The maximum Gasteiger partial charge on any atom is 0.314 e. The molecule has 0 saturated carbocycles. The number of carbonyl (C=O) groups is 1. The van der Waals surface area contributed by atoms with Gasteiger partial charge in [-0.25, -0.2) is 4.98 Å². The molecule has 0 radical (unpaired) electrons. The van der Waals surface area contributed by atoms with Crippen LogP contribution in [0.4, 0.5) is 11.5 Å². The van der Waals surface area contributed by atoms with Gasteiger partial charge in [-0.1, -0.05) is 0 Å². The third-order valence-electron chi connectivity index (χ3n) is 2.82. The Morgan fingerprint density at radius 3 is 2.82 bits per heavy atom. The van der Waals surface area contributed by atoms with Gasteiger partial charge >= 0.3 is 11.7 Å². The van der Waals surface area contributed by atoms with E-state index < -0.39 is 16.8 Å². The molecule has 0 bridgehead atoms. The van der Waals surface area contributed by atoms with Crippen LogP contribution in [0.5, 0.6) is 0 Å². The van der Waals surface area contributed by atoms with Crippen molar-refractivity contribution >= 4 is 17.5 Å². The zero-order chi connectivity index (χ0) is 12.6. The Hall–Kier alpha value is -2.18. The van der Waals surface area contributed by atoms with E-state index in [0.717, 1.165) is 0 Å². The van der Waals surface area contributed by atoms with E-state index in [9.17, 15) is 14.9 Å². The third-order valence-corrected chi connectivity index (χ3v) is 2.82. The first kappa shape index (κ1) is 11.3. The largest absolute Gasteiger partial charge is 0.481 e. The molecule has 0 aliphatic carbocycles. The summed E-state index contributed by atoms with van der Waals surface area (Å²) in [5, 5.41) is 19.7. The van der Waals surface area contributed by atoms with Crippen molar-refractivity contribution in [1.29, 1.82) is 0 Å². The van der Waals surface area contributed by atoms with Gasteiger partial charge < -0.3 is 10.0 Å². The number of hydrogen-bond donors (Lipinski definition) is 1. The van der Waals surface area contributed by atoms with E-state index >= 15 is 0 Å². The van der Waals surface area contributed by atoms with Crippen LogP contribution in [0, 0.1) is 23.0 Å². The normalized spacial score (nSPS) is 15.5. The highest BCUT2D eigenvalue weighted by atomic mass is 16.6. The number of carboxylic acid groups (broad SMARTS) is 1. The number of carboxylic acids is 1. The Morgan fingerprint density at radius 2 is 2.29 bits per heavy atom. The van der Waals surface area contributed by atoms with Crippen LogP contribution >= 0.6 is 0 Å². The zero-order valence-corrected chi connectivity index (χ0v) is 9.16. The number of nitro groups is 1. The number of pyridine rings is 1. The summed E-state index contributed by atoms with van der Waals surface area (Å²) in [7, 11) is 0. The lowest BCUT2D eigenvalue weighted by Crippen LogP contribution is -2.51. The van der Waals surface area contributed by atoms with Crippen LogP contribution in [0.3, 0.4) is 0 Å². The lowest BCUT2D eigenvalue weighted by atomic mass is 10.00. The van der Waals surface area contributed by atoms with E-state index in [2.05, 4.69) is 4.98 Å². The van der Waals surface area contributed by atoms with Gasteiger partial charge in [-0.2, -0.15) is 0 Å². The van der Waals surface area contributed by atoms with E-state index in [4.69, 9.17) is 5.11 Å². The molecule has 1 fully saturated rings. The predicted molar refractivity (Wildman–Crippen MR) is 59.0 cm³/mol. The van der Waals surface area contributed by atoms with Crippen molar-refractivity contribution in [2.45, 2.75) is 6.92 Å². The van der Waals surface area contributed by atoms with Crippen LogP contribution in [0.25, 0.3) is 0 Å². The minimum absolute atomic E-state index is 0.0451. The van der Waals surface area contributed by atoms with Gasteiger partial charge in [0.15, 0.2) is 0 Å². The smallest absolute Gasteiger partial charge is 0.314 e. The molecule has 1 aromatic heterocycles. The first-order valence-corrected chi connectivity index (χ1v) is 5.08. The second kappa shape index (κ2) is 4.00. The standard InChI is InChI=1S/C10H11N3O4/c1-6-2-3-11-9(8(6)13(16)17)12-4-7(5-12)10(14)15/h2-3,7H,4-5H2,1H3,(H,14,15). The van der Waals surface area contributed by atoms with Crippen molar-refractivity contribution in [3.8, 4) is 0 Å². The molecule has 1 aliphatic rings. The summed E-state index contributed by atoms with van der Waals surface area (Å²) in [6.45, 7) is 2.18. The van der Waals surface area contributed by atoms with Gasteiger partial charge in [0.25, 0.3) is 0 Å². The van der Waals surface area contributed by atoms with Crippen LogP contribution in [0.2, 0.25) is 0 Å². The van der Waals surface area contributed by atoms with E-state index in [1.54, 1.807) is 17.9 Å². The van der Waals surface area contributed by atoms with Crippen molar-refractivity contribution in [2.75, 3.05) is 18.0 Å². The summed E-state index contributed by atoms with van der Waals surface area (Å²) in [5.74, 6) is -1.08. The van der Waals surface area contributed by atoms with Gasteiger partial charge in [-0.3, -0.25) is 14.9 Å². The van der Waals surface area contributed by atoms with Crippen LogP contribution in [-0.2, 0) is 4.79 Å². The van der Waals surface area contributed by atoms with Crippen molar-refractivity contribution in [3.63, 3.8) is 0 Å². The molecule has 1 saturated heterocycles. The molecule has 1 N–H and O–H groups in total. The van der Waals surface area contributed by atoms with Crippen molar-refractivity contribution in [1.82, 2.24) is 4.98 Å². The van der Waals surface area contributed by atoms with Crippen molar-refractivity contribution in [3.05, 3.63) is 27.9 Å². The number of rotatable bonds is 3. The molecule has 7 heteroatoms. The number of aliphatic carboxylic acids is 1. The number of hydrogen-bond acceptors (Lipinski definition) is 5. The number of aromatic nitrogens is 1. The fourth-order valence-corrected chi connectivity index (χ4v) is 1.80. The summed E-state index contributed by atoms with van der Waals surface area (Å²) in [4.78, 5) is 26.7. The van der Waals surface area contributed by atoms with Gasteiger partial charge in [0, 0.05) is 24.8 Å². The molecule has 0 spiro atoms. The molecule has 2 rings (SSSR count). The van der Waals surface area contributed by atoms with Crippen LogP contribution in [0.15, 0.2) is 12.3 Å². The Kier molecular flexibility index (Phi) is 2.66. The van der Waals surface area contributed by atoms with E-state index in [1.807, 2.05) is 0 Å². The van der Waals surface area contributed by atoms with Crippen molar-refractivity contribution in [2.24, 2.45) is 5.92 Å². The molecule has 7 nitrogen and oxygen atoms in total. The monoisotopic (exact) mass is 237 g/mol. The number of aryl methyl sites for hydroxylation is 1. The molecule has 90 valence electrons. The lowest BCUT2D eigenvalue weighted by molar-refractivity contribution is -0.385. The zero-order valence-electron chi connectivity index (χ0n) is 9.16. The van der Waals surface area contributed by atoms with Crippen LogP contribution in [-0.4, -0.2) is 34.1 Å². The first-order valence-electron chi connectivity index (χ1n) is 5.08. The summed E-state index contributed by atoms with van der Waals surface area (Å²) in [6.07, 6.45) is 1.49. The SMILES string of the molecule is Cc1ccnc(N2CC(C(=O)O)C2)c1[N+](=O)[O-]. The second-order valence-corrected chi connectivity index (χ2v) is 4.00. The van der Waals surface area contributed by atoms with Gasteiger partial charge in [0.05, 0.1) is 10.8 Å². The van der Waals surface area contributed by atoms with Gasteiger partial charge in [0.1, 0.15) is 0 Å². The Labute approximate surface area is 96.8 Å². The van der Waals surface area contributed by atoms with E-state index in [1.165, 1.54) is 6.20 Å². The molecule has 0 aromatic carbocycles. The van der Waals surface area contributed by atoms with Crippen LogP contribution in [0.1, 0.15) is 5.56 Å². The highest BCUT2D eigenvalue weighted by Crippen LogP contribution is 2.33. The minimum Gasteiger partial charge on any atom is -0.481 e. The highest BCUT2D eigenvalue weighted by molar-refractivity contribution is 5.75. The topological polar surface area (TPSA) is 96.6 Å². The molecule has 0 atom stereocenters. The average molecular weight is 237 g/mol. The molecule has 1 aliphatic heterocycles. The molecule has 17 heavy (non-hydrogen) atoms. The third kappa shape index (κ3) is 1.91. The van der Waals surface area contributed by atoms with Gasteiger partial charge in [-0.05, 0) is 13.0 Å². The van der Waals surface area contributed by atoms with Crippen molar-refractivity contribution < 1.29 is 14.8 Å². The molecular formula is C10H11N3O4. The average Bonchev–Trinajstić information content (AvgIpc) is 2.13. The maximum atomic E-state index is 10.9. The molecule has 0 unspecified atom stereocenters. The fraction of sp³-hybridized carbons (Fsp3) is 0.400. The van der Waals surface area contributed by atoms with E-state index in [-0.39, 0.29) is 24.6 Å². The second-order valence-electron chi connectivity index (χ2n) is 4.00. The number of anilines is 1.